The van der Waals surface area contributed by atoms with Crippen LogP contribution in [0.2, 0.25) is 0 Å². The fourth-order valence-electron chi connectivity index (χ4n) is 0.102. The molecule has 1 saturated heterocycles. The summed E-state index contributed by atoms with van der Waals surface area (Å²) in [6, 6.07) is 0. The molecular formula is C2H4OS2. The molecule has 3 heteroatoms. The highest BCUT2D eigenvalue weighted by Crippen LogP contribution is 1.98. The van der Waals surface area contributed by atoms with E-state index in [1.54, 1.807) is 0 Å². The molecule has 0 aromatic rings. The third kappa shape index (κ3) is 0.851. The smallest absolute Gasteiger partial charge is 0.120 e. The number of rotatable bonds is 0. The second kappa shape index (κ2) is 1.22. The normalized spacial score (nSPS) is 22.4. The topological polar surface area (TPSA) is 17.1 Å². The van der Waals surface area contributed by atoms with E-state index in [1.807, 2.05) is 0 Å². The molecule has 1 fully saturated rings. The van der Waals surface area contributed by atoms with Gasteiger partial charge in [0.15, 0.2) is 0 Å². The Bertz CT molecular complexity index is 85.8. The average Bonchev–Trinajstić information content (AvgIpc) is 2.12. The van der Waals surface area contributed by atoms with Crippen LogP contribution in [-0.2, 0) is 19.7 Å². The minimum absolute atomic E-state index is 0.289. The molecule has 0 N–H and O–H groups in total. The zero-order valence-electron chi connectivity index (χ0n) is 2.64. The van der Waals surface area contributed by atoms with Crippen molar-refractivity contribution in [3.63, 3.8) is 0 Å². The maximum Gasteiger partial charge on any atom is 0.120 e. The first-order chi connectivity index (χ1) is 2.43. The standard InChI is InChI=1S/C2H4OS2/c3-4-5-1-2-5/h1-2H2. The van der Waals surface area contributed by atoms with Crippen molar-refractivity contribution < 1.29 is 4.21 Å². The molecule has 1 rings (SSSR count). The van der Waals surface area contributed by atoms with Crippen LogP contribution in [0.1, 0.15) is 0 Å². The van der Waals surface area contributed by atoms with Gasteiger partial charge in [-0.25, -0.2) is 4.21 Å². The maximum absolute atomic E-state index is 9.62. The van der Waals surface area contributed by atoms with Crippen LogP contribution in [0.25, 0.3) is 0 Å². The van der Waals surface area contributed by atoms with Crippen molar-refractivity contribution in [2.75, 3.05) is 11.5 Å². The fraction of sp³-hybridized carbons (Fsp3) is 1.00. The van der Waals surface area contributed by atoms with E-state index in [9.17, 15) is 4.21 Å². The van der Waals surface area contributed by atoms with E-state index in [0.717, 1.165) is 10.2 Å². The first kappa shape index (κ1) is 3.56. The lowest BCUT2D eigenvalue weighted by Gasteiger charge is -1.39. The van der Waals surface area contributed by atoms with Crippen LogP contribution in [0.5, 0.6) is 0 Å². The Morgan fingerprint density at radius 2 is 2.20 bits per heavy atom. The van der Waals surface area contributed by atoms with Crippen LogP contribution < -0.4 is 0 Å². The summed E-state index contributed by atoms with van der Waals surface area (Å²) in [5.41, 5.74) is 0. The van der Waals surface area contributed by atoms with Crippen molar-refractivity contribution in [2.45, 2.75) is 0 Å². The Morgan fingerprint density at radius 1 is 1.60 bits per heavy atom. The zero-order valence-corrected chi connectivity index (χ0v) is 4.27. The van der Waals surface area contributed by atoms with Gasteiger partial charge in [0.2, 0.25) is 0 Å². The lowest BCUT2D eigenvalue weighted by molar-refractivity contribution is 0.701. The molecule has 1 aliphatic rings. The first-order valence-corrected chi connectivity index (χ1v) is 4.23. The summed E-state index contributed by atoms with van der Waals surface area (Å²) in [6.45, 7) is 0. The summed E-state index contributed by atoms with van der Waals surface area (Å²) in [7, 11) is 1.06. The van der Waals surface area contributed by atoms with E-state index >= 15 is 0 Å². The molecule has 0 radical (unpaired) electrons. The predicted molar refractivity (Wildman–Crippen MR) is 25.2 cm³/mol. The summed E-state index contributed by atoms with van der Waals surface area (Å²) in [5, 5.41) is 0. The van der Waals surface area contributed by atoms with Gasteiger partial charge in [0.1, 0.15) is 10.2 Å². The lowest BCUT2D eigenvalue weighted by Crippen LogP contribution is -1.42. The second-order valence-corrected chi connectivity index (χ2v) is 4.57. The van der Waals surface area contributed by atoms with Crippen LogP contribution in [-0.4, -0.2) is 15.7 Å². The van der Waals surface area contributed by atoms with E-state index in [1.165, 1.54) is 11.5 Å². The van der Waals surface area contributed by atoms with Gasteiger partial charge >= 0.3 is 0 Å². The van der Waals surface area contributed by atoms with Gasteiger partial charge < -0.3 is 0 Å². The van der Waals surface area contributed by atoms with Gasteiger partial charge in [-0.1, -0.05) is 9.45 Å². The molecule has 1 heterocycles. The Hall–Kier alpha value is 0.370. The van der Waals surface area contributed by atoms with E-state index in [4.69, 9.17) is 0 Å². The lowest BCUT2D eigenvalue weighted by atomic mass is 11.0. The summed E-state index contributed by atoms with van der Waals surface area (Å²) in [5.74, 6) is 2.38. The molecule has 0 bridgehead atoms. The molecule has 0 amide bonds. The Labute approximate surface area is 36.1 Å². The molecule has 0 aliphatic carbocycles. The molecule has 5 heavy (non-hydrogen) atoms. The third-order valence-corrected chi connectivity index (χ3v) is 2.98. The Balaban J connectivity index is 2.80. The minimum atomic E-state index is 0.289. The van der Waals surface area contributed by atoms with Crippen LogP contribution in [0, 0.1) is 0 Å². The molecule has 1 nitrogen and oxygen atoms in total. The highest BCUT2D eigenvalue weighted by atomic mass is 32.8. The van der Waals surface area contributed by atoms with Gasteiger partial charge in [0.25, 0.3) is 0 Å². The van der Waals surface area contributed by atoms with E-state index in [-0.39, 0.29) is 9.45 Å². The van der Waals surface area contributed by atoms with Gasteiger partial charge in [-0.15, -0.1) is 0 Å². The first-order valence-electron chi connectivity index (χ1n) is 1.41. The van der Waals surface area contributed by atoms with Gasteiger partial charge in [0, 0.05) is 11.5 Å². The Kier molecular flexibility index (Phi) is 0.870. The van der Waals surface area contributed by atoms with Crippen LogP contribution in [0.4, 0.5) is 0 Å². The number of hydrogen-bond acceptors (Lipinski definition) is 1. The van der Waals surface area contributed by atoms with Gasteiger partial charge in [0.05, 0.1) is 0 Å². The highest BCUT2D eigenvalue weighted by molar-refractivity contribution is 8.35. The number of hydrogen-bond donors (Lipinski definition) is 0. The molecule has 0 aromatic heterocycles. The van der Waals surface area contributed by atoms with Gasteiger partial charge in [-0.3, -0.25) is 0 Å². The predicted octanol–water partition coefficient (Wildman–Crippen LogP) is -0.254. The molecule has 0 atom stereocenters. The van der Waals surface area contributed by atoms with E-state index < -0.39 is 0 Å². The van der Waals surface area contributed by atoms with E-state index in [0.29, 0.717) is 0 Å². The van der Waals surface area contributed by atoms with E-state index in [2.05, 4.69) is 0 Å². The molecule has 0 spiro atoms. The molecule has 1 aliphatic heterocycles. The van der Waals surface area contributed by atoms with Crippen LogP contribution in [0.15, 0.2) is 0 Å². The molecule has 0 unspecified atom stereocenters. The summed E-state index contributed by atoms with van der Waals surface area (Å²) >= 11 is 0. The summed E-state index contributed by atoms with van der Waals surface area (Å²) < 4.78 is 9.62. The molecule has 0 saturated carbocycles. The van der Waals surface area contributed by atoms with Gasteiger partial charge in [-0.2, -0.15) is 0 Å². The largest absolute Gasteiger partial charge is 0.205 e. The van der Waals surface area contributed by atoms with Crippen molar-refractivity contribution in [3.8, 4) is 0 Å². The monoisotopic (exact) mass is 108 g/mol. The maximum atomic E-state index is 9.62. The molecular weight excluding hydrogens is 104 g/mol. The second-order valence-electron chi connectivity index (χ2n) is 0.916. The minimum Gasteiger partial charge on any atom is -0.205 e. The van der Waals surface area contributed by atoms with Crippen molar-refractivity contribution >= 4 is 19.7 Å². The van der Waals surface area contributed by atoms with Crippen LogP contribution in [0.3, 0.4) is 0 Å². The Morgan fingerprint density at radius 3 is 2.20 bits per heavy atom. The highest BCUT2D eigenvalue weighted by Gasteiger charge is 2.08. The van der Waals surface area contributed by atoms with Crippen molar-refractivity contribution in [3.05, 3.63) is 0 Å². The molecule has 30 valence electrons. The quantitative estimate of drug-likeness (QED) is 0.391. The summed E-state index contributed by atoms with van der Waals surface area (Å²) in [6.07, 6.45) is 0. The van der Waals surface area contributed by atoms with Gasteiger partial charge in [-0.05, 0) is 0 Å². The fourth-order valence-corrected chi connectivity index (χ4v) is 1.53. The van der Waals surface area contributed by atoms with Crippen molar-refractivity contribution in [2.24, 2.45) is 0 Å². The third-order valence-electron chi connectivity index (χ3n) is 0.467. The molecule has 0 aromatic carbocycles. The van der Waals surface area contributed by atoms with Crippen molar-refractivity contribution in [1.29, 1.82) is 0 Å². The zero-order chi connectivity index (χ0) is 3.70. The van der Waals surface area contributed by atoms with Crippen LogP contribution >= 0.6 is 0 Å². The SMILES string of the molecule is O=S=S1CC1. The summed E-state index contributed by atoms with van der Waals surface area (Å²) in [4.78, 5) is 0. The average molecular weight is 108 g/mol. The van der Waals surface area contributed by atoms with Crippen molar-refractivity contribution in [1.82, 2.24) is 0 Å².